The SMILES string of the molecule is Cc1nc(NCC(C)C)cc(C(=O)N2CCc3ccccc32)n1. The summed E-state index contributed by atoms with van der Waals surface area (Å²) in [6.07, 6.45) is 0.893. The summed E-state index contributed by atoms with van der Waals surface area (Å²) < 4.78 is 0. The van der Waals surface area contributed by atoms with Crippen molar-refractivity contribution in [1.29, 1.82) is 0 Å². The molecule has 0 aliphatic carbocycles. The Labute approximate surface area is 136 Å². The third-order valence-corrected chi connectivity index (χ3v) is 3.88. The zero-order chi connectivity index (χ0) is 16.4. The summed E-state index contributed by atoms with van der Waals surface area (Å²) >= 11 is 0. The van der Waals surface area contributed by atoms with Crippen LogP contribution in [0.4, 0.5) is 11.5 Å². The van der Waals surface area contributed by atoms with Crippen molar-refractivity contribution in [2.45, 2.75) is 27.2 Å². The molecular weight excluding hydrogens is 288 g/mol. The summed E-state index contributed by atoms with van der Waals surface area (Å²) in [5.74, 6) is 1.76. The fraction of sp³-hybridized carbons (Fsp3) is 0.389. The number of nitrogens with zero attached hydrogens (tertiary/aromatic N) is 3. The third-order valence-electron chi connectivity index (χ3n) is 3.88. The number of aromatic nitrogens is 2. The number of rotatable bonds is 4. The number of anilines is 2. The molecule has 1 N–H and O–H groups in total. The largest absolute Gasteiger partial charge is 0.370 e. The Morgan fingerprint density at radius 1 is 1.30 bits per heavy atom. The van der Waals surface area contributed by atoms with Crippen LogP contribution in [0.2, 0.25) is 0 Å². The standard InChI is InChI=1S/C18H22N4O/c1-12(2)11-19-17-10-15(20-13(3)21-17)18(23)22-9-8-14-6-4-5-7-16(14)22/h4-7,10,12H,8-9,11H2,1-3H3,(H,19,20,21). The van der Waals surface area contributed by atoms with Crippen molar-refractivity contribution in [2.75, 3.05) is 23.3 Å². The van der Waals surface area contributed by atoms with E-state index in [0.29, 0.717) is 29.8 Å². The molecule has 0 atom stereocenters. The lowest BCUT2D eigenvalue weighted by molar-refractivity contribution is 0.0984. The van der Waals surface area contributed by atoms with Gasteiger partial charge in [0.2, 0.25) is 0 Å². The van der Waals surface area contributed by atoms with E-state index in [-0.39, 0.29) is 5.91 Å². The quantitative estimate of drug-likeness (QED) is 0.943. The smallest absolute Gasteiger partial charge is 0.277 e. The number of hydrogen-bond donors (Lipinski definition) is 1. The molecule has 0 fully saturated rings. The molecule has 0 spiro atoms. The molecule has 2 aromatic rings. The van der Waals surface area contributed by atoms with Gasteiger partial charge in [0.1, 0.15) is 17.3 Å². The van der Waals surface area contributed by atoms with Gasteiger partial charge in [-0.3, -0.25) is 4.79 Å². The molecule has 0 unspecified atom stereocenters. The van der Waals surface area contributed by atoms with Gasteiger partial charge in [0.15, 0.2) is 0 Å². The van der Waals surface area contributed by atoms with E-state index in [1.165, 1.54) is 5.56 Å². The molecule has 1 amide bonds. The number of nitrogens with one attached hydrogen (secondary N) is 1. The Bertz CT molecular complexity index is 727. The molecule has 5 nitrogen and oxygen atoms in total. The fourth-order valence-electron chi connectivity index (χ4n) is 2.76. The van der Waals surface area contributed by atoms with Crippen LogP contribution in [-0.2, 0) is 6.42 Å². The van der Waals surface area contributed by atoms with Crippen molar-refractivity contribution in [1.82, 2.24) is 9.97 Å². The van der Waals surface area contributed by atoms with Crippen molar-refractivity contribution in [2.24, 2.45) is 5.92 Å². The highest BCUT2D eigenvalue weighted by Crippen LogP contribution is 2.28. The Kier molecular flexibility index (Phi) is 4.28. The van der Waals surface area contributed by atoms with Crippen LogP contribution >= 0.6 is 0 Å². The lowest BCUT2D eigenvalue weighted by Crippen LogP contribution is -2.30. The molecule has 5 heteroatoms. The molecule has 0 bridgehead atoms. The molecule has 0 saturated heterocycles. The van der Waals surface area contributed by atoms with Crippen LogP contribution < -0.4 is 10.2 Å². The number of amides is 1. The maximum Gasteiger partial charge on any atom is 0.277 e. The van der Waals surface area contributed by atoms with Crippen molar-refractivity contribution in [3.63, 3.8) is 0 Å². The molecule has 1 aliphatic heterocycles. The zero-order valence-corrected chi connectivity index (χ0v) is 13.8. The van der Waals surface area contributed by atoms with Crippen LogP contribution in [-0.4, -0.2) is 29.0 Å². The molecule has 120 valence electrons. The molecule has 23 heavy (non-hydrogen) atoms. The van der Waals surface area contributed by atoms with Gasteiger partial charge in [-0.15, -0.1) is 0 Å². The molecule has 1 aliphatic rings. The molecule has 1 aromatic carbocycles. The summed E-state index contributed by atoms with van der Waals surface area (Å²) in [7, 11) is 0. The number of carbonyl (C=O) groups excluding carboxylic acids is 1. The van der Waals surface area contributed by atoms with E-state index in [1.807, 2.05) is 30.0 Å². The first kappa shape index (κ1) is 15.5. The minimum absolute atomic E-state index is 0.0620. The first-order valence-corrected chi connectivity index (χ1v) is 8.04. The summed E-state index contributed by atoms with van der Waals surface area (Å²) in [6.45, 7) is 7.60. The molecule has 0 saturated carbocycles. The van der Waals surface area contributed by atoms with Gasteiger partial charge in [0.25, 0.3) is 5.91 Å². The molecular formula is C18H22N4O. The first-order valence-electron chi connectivity index (χ1n) is 8.04. The third kappa shape index (κ3) is 3.33. The number of aryl methyl sites for hydroxylation is 1. The Balaban J connectivity index is 1.85. The van der Waals surface area contributed by atoms with Gasteiger partial charge in [-0.2, -0.15) is 0 Å². The minimum atomic E-state index is -0.0620. The normalized spacial score (nSPS) is 13.3. The van der Waals surface area contributed by atoms with Crippen LogP contribution in [0.25, 0.3) is 0 Å². The zero-order valence-electron chi connectivity index (χ0n) is 13.8. The average molecular weight is 310 g/mol. The highest BCUT2D eigenvalue weighted by atomic mass is 16.2. The van der Waals surface area contributed by atoms with E-state index in [0.717, 1.165) is 18.7 Å². The van der Waals surface area contributed by atoms with Crippen molar-refractivity contribution in [3.8, 4) is 0 Å². The monoisotopic (exact) mass is 310 g/mol. The lowest BCUT2D eigenvalue weighted by Gasteiger charge is -2.17. The second kappa shape index (κ2) is 6.36. The van der Waals surface area contributed by atoms with Gasteiger partial charge in [-0.25, -0.2) is 9.97 Å². The number of fused-ring (bicyclic) bond motifs is 1. The lowest BCUT2D eigenvalue weighted by atomic mass is 10.2. The maximum absolute atomic E-state index is 12.9. The predicted octanol–water partition coefficient (Wildman–Crippen LogP) is 3.06. The van der Waals surface area contributed by atoms with Gasteiger partial charge >= 0.3 is 0 Å². The highest BCUT2D eigenvalue weighted by molar-refractivity contribution is 6.06. The van der Waals surface area contributed by atoms with Crippen molar-refractivity contribution < 1.29 is 4.79 Å². The number of para-hydroxylation sites is 1. The average Bonchev–Trinajstić information content (AvgIpc) is 2.95. The predicted molar refractivity (Wildman–Crippen MR) is 91.9 cm³/mol. The number of carbonyl (C=O) groups is 1. The van der Waals surface area contributed by atoms with E-state index in [2.05, 4.69) is 35.2 Å². The fourth-order valence-corrected chi connectivity index (χ4v) is 2.76. The van der Waals surface area contributed by atoms with Crippen LogP contribution in [0.3, 0.4) is 0 Å². The van der Waals surface area contributed by atoms with Gasteiger partial charge in [0.05, 0.1) is 0 Å². The maximum atomic E-state index is 12.9. The summed E-state index contributed by atoms with van der Waals surface area (Å²) in [5.41, 5.74) is 2.65. The summed E-state index contributed by atoms with van der Waals surface area (Å²) in [6, 6.07) is 9.79. The van der Waals surface area contributed by atoms with Crippen molar-refractivity contribution >= 4 is 17.4 Å². The van der Waals surface area contributed by atoms with Crippen LogP contribution in [0.1, 0.15) is 35.7 Å². The summed E-state index contributed by atoms with van der Waals surface area (Å²) in [5, 5.41) is 3.27. The molecule has 0 radical (unpaired) electrons. The first-order chi connectivity index (χ1) is 11.0. The van der Waals surface area contributed by atoms with Gasteiger partial charge in [-0.1, -0.05) is 32.0 Å². The van der Waals surface area contributed by atoms with Crippen molar-refractivity contribution in [3.05, 3.63) is 47.4 Å². The number of hydrogen-bond acceptors (Lipinski definition) is 4. The second-order valence-corrected chi connectivity index (χ2v) is 6.30. The van der Waals surface area contributed by atoms with Crippen LogP contribution in [0, 0.1) is 12.8 Å². The highest BCUT2D eigenvalue weighted by Gasteiger charge is 2.26. The number of benzene rings is 1. The Hall–Kier alpha value is -2.43. The van der Waals surface area contributed by atoms with Crippen LogP contribution in [0.5, 0.6) is 0 Å². The Morgan fingerprint density at radius 3 is 2.87 bits per heavy atom. The van der Waals surface area contributed by atoms with E-state index in [9.17, 15) is 4.79 Å². The second-order valence-electron chi connectivity index (χ2n) is 6.30. The van der Waals surface area contributed by atoms with E-state index in [1.54, 1.807) is 6.07 Å². The Morgan fingerprint density at radius 2 is 2.09 bits per heavy atom. The molecule has 1 aromatic heterocycles. The van der Waals surface area contributed by atoms with E-state index >= 15 is 0 Å². The van der Waals surface area contributed by atoms with Gasteiger partial charge in [-0.05, 0) is 30.9 Å². The van der Waals surface area contributed by atoms with Gasteiger partial charge < -0.3 is 10.2 Å². The summed E-state index contributed by atoms with van der Waals surface area (Å²) in [4.78, 5) is 23.4. The molecule has 2 heterocycles. The molecule has 3 rings (SSSR count). The van der Waals surface area contributed by atoms with E-state index < -0.39 is 0 Å². The minimum Gasteiger partial charge on any atom is -0.370 e. The van der Waals surface area contributed by atoms with E-state index in [4.69, 9.17) is 0 Å². The van der Waals surface area contributed by atoms with Gasteiger partial charge in [0, 0.05) is 24.8 Å². The topological polar surface area (TPSA) is 58.1 Å². The van der Waals surface area contributed by atoms with Crippen LogP contribution in [0.15, 0.2) is 30.3 Å².